The molecule has 1 aromatic rings. The van der Waals surface area contributed by atoms with Crippen LogP contribution in [0.3, 0.4) is 0 Å². The average molecular weight is 295 g/mol. The van der Waals surface area contributed by atoms with Crippen molar-refractivity contribution >= 4 is 11.9 Å². The van der Waals surface area contributed by atoms with Crippen LogP contribution in [0.2, 0.25) is 0 Å². The van der Waals surface area contributed by atoms with Gasteiger partial charge in [-0.1, -0.05) is 20.8 Å². The Balaban J connectivity index is 2.92. The molecule has 0 aliphatic carbocycles. The van der Waals surface area contributed by atoms with E-state index in [1.54, 1.807) is 34.6 Å². The fraction of sp³-hybridized carbons (Fsp3) is 0.571. The topological polar surface area (TPSA) is 112 Å². The van der Waals surface area contributed by atoms with E-state index in [-0.39, 0.29) is 6.42 Å². The van der Waals surface area contributed by atoms with Crippen LogP contribution in [0.5, 0.6) is 0 Å². The second-order valence-corrected chi connectivity index (χ2v) is 6.11. The Morgan fingerprint density at radius 1 is 1.33 bits per heavy atom. The third kappa shape index (κ3) is 4.40. The van der Waals surface area contributed by atoms with Crippen molar-refractivity contribution in [3.05, 3.63) is 27.4 Å². The fourth-order valence-electron chi connectivity index (χ4n) is 2.04. The summed E-state index contributed by atoms with van der Waals surface area (Å²) in [5, 5.41) is 11.7. The molecule has 0 aliphatic rings. The number of nitrogens with one attached hydrogen (secondary N) is 2. The predicted molar refractivity (Wildman–Crippen MR) is 77.1 cm³/mol. The van der Waals surface area contributed by atoms with Gasteiger partial charge in [0.1, 0.15) is 6.04 Å². The van der Waals surface area contributed by atoms with Crippen LogP contribution in [0.4, 0.5) is 0 Å². The van der Waals surface area contributed by atoms with Crippen LogP contribution < -0.4 is 11.0 Å². The maximum atomic E-state index is 12.1. The van der Waals surface area contributed by atoms with E-state index in [0.29, 0.717) is 17.0 Å². The summed E-state index contributed by atoms with van der Waals surface area (Å²) < 4.78 is 0. The highest BCUT2D eigenvalue weighted by Gasteiger charge is 2.32. The van der Waals surface area contributed by atoms with Crippen LogP contribution in [0.1, 0.15) is 37.7 Å². The molecule has 0 unspecified atom stereocenters. The van der Waals surface area contributed by atoms with Crippen molar-refractivity contribution in [2.24, 2.45) is 5.41 Å². The number of carboxylic acid groups (broad SMARTS) is 1. The standard InChI is InChI=1S/C14H21N3O4/c1-7-9(8(2)16-13(21)15-7)6-10(18)17-11(12(19)20)14(3,4)5/h11H,6H2,1-5H3,(H,17,18)(H,19,20)(H,15,16,21)/t11-/m0/s1. The lowest BCUT2D eigenvalue weighted by Gasteiger charge is -2.27. The maximum Gasteiger partial charge on any atom is 0.345 e. The number of carboxylic acids is 1. The normalized spacial score (nSPS) is 12.8. The summed E-state index contributed by atoms with van der Waals surface area (Å²) in [6, 6.07) is -0.985. The maximum absolute atomic E-state index is 12.1. The summed E-state index contributed by atoms with van der Waals surface area (Å²) in [6.45, 7) is 8.54. The monoisotopic (exact) mass is 295 g/mol. The van der Waals surface area contributed by atoms with Crippen molar-refractivity contribution in [3.63, 3.8) is 0 Å². The Bertz CT molecular complexity index is 587. The SMILES string of the molecule is Cc1nc(=O)[nH]c(C)c1CC(=O)N[C@@H](C(=O)O)C(C)(C)C. The van der Waals surface area contributed by atoms with E-state index in [0.717, 1.165) is 0 Å². The zero-order chi connectivity index (χ0) is 16.4. The quantitative estimate of drug-likeness (QED) is 0.750. The molecule has 1 amide bonds. The van der Waals surface area contributed by atoms with E-state index in [2.05, 4.69) is 15.3 Å². The van der Waals surface area contributed by atoms with Gasteiger partial charge in [-0.05, 0) is 19.3 Å². The minimum absolute atomic E-state index is 0.0265. The van der Waals surface area contributed by atoms with Gasteiger partial charge in [0.25, 0.3) is 0 Å². The van der Waals surface area contributed by atoms with Gasteiger partial charge in [-0.15, -0.1) is 0 Å². The lowest BCUT2D eigenvalue weighted by atomic mass is 9.86. The molecule has 0 saturated carbocycles. The first-order chi connectivity index (χ1) is 9.52. The molecule has 0 fully saturated rings. The summed E-state index contributed by atoms with van der Waals surface area (Å²) in [4.78, 5) is 40.8. The van der Waals surface area contributed by atoms with E-state index in [1.807, 2.05) is 0 Å². The van der Waals surface area contributed by atoms with E-state index < -0.39 is 29.0 Å². The zero-order valence-corrected chi connectivity index (χ0v) is 12.9. The number of aryl methyl sites for hydroxylation is 2. The molecular formula is C14H21N3O4. The minimum atomic E-state index is -1.08. The molecule has 1 heterocycles. The van der Waals surface area contributed by atoms with E-state index in [4.69, 9.17) is 0 Å². The predicted octanol–water partition coefficient (Wildman–Crippen LogP) is 0.545. The number of aromatic nitrogens is 2. The second kappa shape index (κ2) is 6.07. The fourth-order valence-corrected chi connectivity index (χ4v) is 2.04. The van der Waals surface area contributed by atoms with Crippen molar-refractivity contribution in [1.29, 1.82) is 0 Å². The zero-order valence-electron chi connectivity index (χ0n) is 12.9. The summed E-state index contributed by atoms with van der Waals surface area (Å²) in [7, 11) is 0. The summed E-state index contributed by atoms with van der Waals surface area (Å²) in [5.74, 6) is -1.50. The molecular weight excluding hydrogens is 274 g/mol. The molecule has 0 radical (unpaired) electrons. The average Bonchev–Trinajstić information content (AvgIpc) is 2.28. The van der Waals surface area contributed by atoms with Crippen LogP contribution in [0.25, 0.3) is 0 Å². The van der Waals surface area contributed by atoms with Crippen molar-refractivity contribution < 1.29 is 14.7 Å². The molecule has 0 aliphatic heterocycles. The Labute approximate surface area is 122 Å². The van der Waals surface area contributed by atoms with Gasteiger partial charge >= 0.3 is 11.7 Å². The highest BCUT2D eigenvalue weighted by molar-refractivity contribution is 5.85. The van der Waals surface area contributed by atoms with Crippen LogP contribution in [-0.4, -0.2) is 33.0 Å². The summed E-state index contributed by atoms with van der Waals surface area (Å²) in [5.41, 5.74) is 0.561. The first-order valence-electron chi connectivity index (χ1n) is 6.61. The van der Waals surface area contributed by atoms with Crippen LogP contribution in [-0.2, 0) is 16.0 Å². The lowest BCUT2D eigenvalue weighted by molar-refractivity contribution is -0.144. The molecule has 1 atom stereocenters. The number of carbonyl (C=O) groups excluding carboxylic acids is 1. The van der Waals surface area contributed by atoms with Gasteiger partial charge in [-0.25, -0.2) is 9.59 Å². The summed E-state index contributed by atoms with van der Waals surface area (Å²) in [6.07, 6.45) is -0.0265. The van der Waals surface area contributed by atoms with Crippen molar-refractivity contribution in [2.75, 3.05) is 0 Å². The van der Waals surface area contributed by atoms with Gasteiger partial charge in [0.15, 0.2) is 0 Å². The van der Waals surface area contributed by atoms with Crippen molar-refractivity contribution in [3.8, 4) is 0 Å². The van der Waals surface area contributed by atoms with Gasteiger partial charge in [0.2, 0.25) is 5.91 Å². The second-order valence-electron chi connectivity index (χ2n) is 6.11. The highest BCUT2D eigenvalue weighted by Crippen LogP contribution is 2.19. The molecule has 3 N–H and O–H groups in total. The van der Waals surface area contributed by atoms with Gasteiger partial charge in [0.05, 0.1) is 6.42 Å². The highest BCUT2D eigenvalue weighted by atomic mass is 16.4. The van der Waals surface area contributed by atoms with E-state index in [1.165, 1.54) is 0 Å². The van der Waals surface area contributed by atoms with Gasteiger partial charge in [0, 0.05) is 17.0 Å². The smallest absolute Gasteiger partial charge is 0.345 e. The summed E-state index contributed by atoms with van der Waals surface area (Å²) >= 11 is 0. The first kappa shape index (κ1) is 16.9. The Hall–Kier alpha value is -2.18. The molecule has 7 nitrogen and oxygen atoms in total. The van der Waals surface area contributed by atoms with Gasteiger partial charge < -0.3 is 15.4 Å². The van der Waals surface area contributed by atoms with Crippen molar-refractivity contribution in [1.82, 2.24) is 15.3 Å². The number of rotatable bonds is 4. The number of H-pyrrole nitrogens is 1. The number of amides is 1. The van der Waals surface area contributed by atoms with Crippen molar-refractivity contribution in [2.45, 2.75) is 47.1 Å². The molecule has 0 aromatic carbocycles. The molecule has 116 valence electrons. The largest absolute Gasteiger partial charge is 0.480 e. The number of aromatic amines is 1. The third-order valence-electron chi connectivity index (χ3n) is 3.21. The Kier molecular flexibility index (Phi) is 4.88. The van der Waals surface area contributed by atoms with Crippen LogP contribution in [0, 0.1) is 19.3 Å². The van der Waals surface area contributed by atoms with Crippen LogP contribution >= 0.6 is 0 Å². The first-order valence-corrected chi connectivity index (χ1v) is 6.61. The number of carbonyl (C=O) groups is 2. The molecule has 21 heavy (non-hydrogen) atoms. The third-order valence-corrected chi connectivity index (χ3v) is 3.21. The van der Waals surface area contributed by atoms with E-state index in [9.17, 15) is 19.5 Å². The molecule has 0 bridgehead atoms. The van der Waals surface area contributed by atoms with Gasteiger partial charge in [-0.2, -0.15) is 4.98 Å². The molecule has 0 saturated heterocycles. The molecule has 1 rings (SSSR count). The number of hydrogen-bond acceptors (Lipinski definition) is 4. The molecule has 0 spiro atoms. The Morgan fingerprint density at radius 3 is 2.33 bits per heavy atom. The minimum Gasteiger partial charge on any atom is -0.480 e. The van der Waals surface area contributed by atoms with Crippen LogP contribution in [0.15, 0.2) is 4.79 Å². The Morgan fingerprint density at radius 2 is 1.90 bits per heavy atom. The number of aliphatic carboxylic acids is 1. The van der Waals surface area contributed by atoms with E-state index >= 15 is 0 Å². The number of hydrogen-bond donors (Lipinski definition) is 3. The molecule has 7 heteroatoms. The number of nitrogens with zero attached hydrogens (tertiary/aromatic N) is 1. The van der Waals surface area contributed by atoms with Gasteiger partial charge in [-0.3, -0.25) is 4.79 Å². The lowest BCUT2D eigenvalue weighted by Crippen LogP contribution is -2.49. The molecule has 1 aromatic heterocycles.